The van der Waals surface area contributed by atoms with Gasteiger partial charge in [0.2, 0.25) is 0 Å². The van der Waals surface area contributed by atoms with Gasteiger partial charge in [0, 0.05) is 12.8 Å². The van der Waals surface area contributed by atoms with Gasteiger partial charge in [-0.15, -0.1) is 5.10 Å². The Morgan fingerprint density at radius 2 is 2.33 bits per heavy atom. The summed E-state index contributed by atoms with van der Waals surface area (Å²) in [6.45, 7) is 0.290. The highest BCUT2D eigenvalue weighted by molar-refractivity contribution is 7.90. The van der Waals surface area contributed by atoms with Crippen LogP contribution < -0.4 is 5.32 Å². The van der Waals surface area contributed by atoms with Gasteiger partial charge in [-0.3, -0.25) is 0 Å². The highest BCUT2D eigenvalue weighted by Crippen LogP contribution is 1.89. The zero-order valence-electron chi connectivity index (χ0n) is 6.48. The van der Waals surface area contributed by atoms with Crippen LogP contribution in [0.2, 0.25) is 0 Å². The number of hydrogen-bond acceptors (Lipinski definition) is 6. The Labute approximate surface area is 69.5 Å². The maximum atomic E-state index is 10.7. The molecule has 0 aromatic carbocycles. The van der Waals surface area contributed by atoms with Crippen molar-refractivity contribution in [1.82, 2.24) is 20.6 Å². The molecule has 0 saturated heterocycles. The minimum atomic E-state index is -2.93. The van der Waals surface area contributed by atoms with Crippen LogP contribution in [0.5, 0.6) is 0 Å². The van der Waals surface area contributed by atoms with Crippen LogP contribution in [0, 0.1) is 0 Å². The average molecular weight is 191 g/mol. The van der Waals surface area contributed by atoms with Crippen LogP contribution in [0.1, 0.15) is 0 Å². The van der Waals surface area contributed by atoms with Gasteiger partial charge in [-0.05, 0) is 5.21 Å². The van der Waals surface area contributed by atoms with E-state index in [1.54, 1.807) is 0 Å². The van der Waals surface area contributed by atoms with Gasteiger partial charge in [0.15, 0.2) is 0 Å². The molecule has 0 aliphatic rings. The van der Waals surface area contributed by atoms with Crippen molar-refractivity contribution in [3.05, 3.63) is 0 Å². The van der Waals surface area contributed by atoms with E-state index in [4.69, 9.17) is 0 Å². The molecule has 8 heteroatoms. The summed E-state index contributed by atoms with van der Waals surface area (Å²) in [6, 6.07) is 0. The summed E-state index contributed by atoms with van der Waals surface area (Å²) >= 11 is 0. The van der Waals surface area contributed by atoms with E-state index in [0.29, 0.717) is 12.5 Å². The molecule has 0 unspecified atom stereocenters. The number of hydrogen-bond donors (Lipinski definition) is 2. The summed E-state index contributed by atoms with van der Waals surface area (Å²) in [5, 5.41) is 15.4. The molecule has 1 rings (SSSR count). The van der Waals surface area contributed by atoms with E-state index in [1.807, 2.05) is 0 Å². The van der Waals surface area contributed by atoms with Crippen molar-refractivity contribution in [3.63, 3.8) is 0 Å². The summed E-state index contributed by atoms with van der Waals surface area (Å²) in [5.41, 5.74) is 0. The van der Waals surface area contributed by atoms with Crippen LogP contribution in [0.3, 0.4) is 0 Å². The first-order valence-corrected chi connectivity index (χ1v) is 5.29. The molecule has 1 heterocycles. The number of anilines is 1. The van der Waals surface area contributed by atoms with Gasteiger partial charge < -0.3 is 5.32 Å². The zero-order valence-corrected chi connectivity index (χ0v) is 7.30. The molecule has 12 heavy (non-hydrogen) atoms. The lowest BCUT2D eigenvalue weighted by Gasteiger charge is -1.97. The molecule has 0 spiro atoms. The van der Waals surface area contributed by atoms with Crippen LogP contribution in [0.25, 0.3) is 0 Å². The van der Waals surface area contributed by atoms with Crippen LogP contribution in [0.4, 0.5) is 5.95 Å². The first-order chi connectivity index (χ1) is 5.58. The van der Waals surface area contributed by atoms with E-state index in [0.717, 1.165) is 0 Å². The Hall–Kier alpha value is -1.18. The Kier molecular flexibility index (Phi) is 2.58. The van der Waals surface area contributed by atoms with Gasteiger partial charge in [0.1, 0.15) is 9.84 Å². The molecule has 0 aliphatic heterocycles. The van der Waals surface area contributed by atoms with Crippen molar-refractivity contribution in [2.24, 2.45) is 0 Å². The number of nitrogens with zero attached hydrogens (tertiary/aromatic N) is 3. The molecule has 2 N–H and O–H groups in total. The fraction of sp³-hybridized carbons (Fsp3) is 0.750. The largest absolute Gasteiger partial charge is 0.351 e. The molecule has 0 bridgehead atoms. The quantitative estimate of drug-likeness (QED) is 0.610. The Bertz CT molecular complexity index is 317. The average Bonchev–Trinajstić information content (AvgIpc) is 2.36. The van der Waals surface area contributed by atoms with E-state index in [2.05, 4.69) is 25.9 Å². The first kappa shape index (κ1) is 8.91. The van der Waals surface area contributed by atoms with Crippen LogP contribution in [0.15, 0.2) is 0 Å². The van der Waals surface area contributed by atoms with Crippen molar-refractivity contribution in [1.29, 1.82) is 0 Å². The van der Waals surface area contributed by atoms with Gasteiger partial charge in [0.05, 0.1) is 5.75 Å². The van der Waals surface area contributed by atoms with Crippen molar-refractivity contribution in [2.45, 2.75) is 0 Å². The second-order valence-corrected chi connectivity index (χ2v) is 4.55. The molecular weight excluding hydrogens is 182 g/mol. The Morgan fingerprint density at radius 1 is 1.58 bits per heavy atom. The second-order valence-electron chi connectivity index (χ2n) is 2.29. The fourth-order valence-corrected chi connectivity index (χ4v) is 1.06. The summed E-state index contributed by atoms with van der Waals surface area (Å²) in [4.78, 5) is 0. The third-order valence-electron chi connectivity index (χ3n) is 1.10. The van der Waals surface area contributed by atoms with Crippen molar-refractivity contribution in [2.75, 3.05) is 23.9 Å². The monoisotopic (exact) mass is 191 g/mol. The van der Waals surface area contributed by atoms with E-state index < -0.39 is 9.84 Å². The van der Waals surface area contributed by atoms with Crippen LogP contribution >= 0.6 is 0 Å². The lowest BCUT2D eigenvalue weighted by atomic mass is 10.7. The number of H-pyrrole nitrogens is 1. The Balaban J connectivity index is 2.29. The van der Waals surface area contributed by atoms with Gasteiger partial charge in [-0.25, -0.2) is 8.42 Å². The summed E-state index contributed by atoms with van der Waals surface area (Å²) < 4.78 is 21.3. The third kappa shape index (κ3) is 3.28. The minimum absolute atomic E-state index is 0.0571. The van der Waals surface area contributed by atoms with Gasteiger partial charge >= 0.3 is 0 Å². The number of rotatable bonds is 4. The molecule has 0 saturated carbocycles. The highest BCUT2D eigenvalue weighted by atomic mass is 32.2. The van der Waals surface area contributed by atoms with Crippen LogP contribution in [-0.2, 0) is 9.84 Å². The molecule has 0 fully saturated rings. The summed E-state index contributed by atoms with van der Waals surface area (Å²) in [7, 11) is -2.93. The Morgan fingerprint density at radius 3 is 2.83 bits per heavy atom. The number of aromatic nitrogens is 4. The van der Waals surface area contributed by atoms with E-state index in [1.165, 1.54) is 6.26 Å². The molecule has 7 nitrogen and oxygen atoms in total. The first-order valence-electron chi connectivity index (χ1n) is 3.23. The minimum Gasteiger partial charge on any atom is -0.351 e. The maximum Gasteiger partial charge on any atom is 0.263 e. The van der Waals surface area contributed by atoms with Crippen molar-refractivity contribution in [3.8, 4) is 0 Å². The van der Waals surface area contributed by atoms with Crippen molar-refractivity contribution < 1.29 is 8.42 Å². The lowest BCUT2D eigenvalue weighted by Crippen LogP contribution is -2.14. The standard InChI is InChI=1S/C4H9N5O2S/c1-12(10,11)3-2-5-4-6-8-9-7-4/h2-3H2,1H3,(H2,5,6,7,8,9). The molecule has 0 radical (unpaired) electrons. The molecule has 1 aromatic rings. The number of aromatic amines is 1. The zero-order chi connectivity index (χ0) is 9.03. The van der Waals surface area contributed by atoms with E-state index >= 15 is 0 Å². The molecule has 68 valence electrons. The van der Waals surface area contributed by atoms with Gasteiger partial charge in [0.25, 0.3) is 5.95 Å². The highest BCUT2D eigenvalue weighted by Gasteiger charge is 2.02. The third-order valence-corrected chi connectivity index (χ3v) is 2.05. The van der Waals surface area contributed by atoms with Gasteiger partial charge in [-0.2, -0.15) is 5.21 Å². The van der Waals surface area contributed by atoms with Crippen molar-refractivity contribution >= 4 is 15.8 Å². The molecule has 0 aliphatic carbocycles. The SMILES string of the molecule is CS(=O)(=O)CCNc1nn[nH]n1. The second kappa shape index (κ2) is 3.48. The summed E-state index contributed by atoms with van der Waals surface area (Å²) in [6.07, 6.45) is 1.17. The fourth-order valence-electron chi connectivity index (χ4n) is 0.585. The number of sulfone groups is 1. The number of nitrogens with one attached hydrogen (secondary N) is 2. The van der Waals surface area contributed by atoms with Gasteiger partial charge in [-0.1, -0.05) is 5.10 Å². The topological polar surface area (TPSA) is 101 Å². The van der Waals surface area contributed by atoms with E-state index in [9.17, 15) is 8.42 Å². The number of tetrazole rings is 1. The molecule has 1 aromatic heterocycles. The molecule has 0 atom stereocenters. The lowest BCUT2D eigenvalue weighted by molar-refractivity contribution is 0.602. The predicted octanol–water partition coefficient (Wildman–Crippen LogP) is -1.34. The maximum absolute atomic E-state index is 10.7. The smallest absolute Gasteiger partial charge is 0.263 e. The predicted molar refractivity (Wildman–Crippen MR) is 42.4 cm³/mol. The molecular formula is C4H9N5O2S. The van der Waals surface area contributed by atoms with Crippen LogP contribution in [-0.4, -0.2) is 47.6 Å². The molecule has 0 amide bonds. The normalized spacial score (nSPS) is 11.4. The summed E-state index contributed by atoms with van der Waals surface area (Å²) in [5.74, 6) is 0.361. The van der Waals surface area contributed by atoms with E-state index in [-0.39, 0.29) is 5.75 Å².